The van der Waals surface area contributed by atoms with Crippen LogP contribution in [0.3, 0.4) is 0 Å². The summed E-state index contributed by atoms with van der Waals surface area (Å²) >= 11 is 5.12. The molecule has 1 fully saturated rings. The Morgan fingerprint density at radius 3 is 2.22 bits per heavy atom. The Labute approximate surface area is 115 Å². The van der Waals surface area contributed by atoms with Gasteiger partial charge in [0.1, 0.15) is 0 Å². The van der Waals surface area contributed by atoms with E-state index in [-0.39, 0.29) is 11.3 Å². The lowest BCUT2D eigenvalue weighted by Crippen LogP contribution is -2.48. The van der Waals surface area contributed by atoms with Crippen LogP contribution in [0.5, 0.6) is 0 Å². The highest BCUT2D eigenvalue weighted by atomic mass is 32.1. The van der Waals surface area contributed by atoms with Gasteiger partial charge in [-0.25, -0.2) is 0 Å². The first-order valence-electron chi connectivity index (χ1n) is 6.73. The van der Waals surface area contributed by atoms with Crippen molar-refractivity contribution in [2.75, 3.05) is 32.7 Å². The van der Waals surface area contributed by atoms with Crippen LogP contribution in [0.1, 0.15) is 33.6 Å². The molecule has 0 saturated carbocycles. The minimum absolute atomic E-state index is 0.0237. The highest BCUT2D eigenvalue weighted by Gasteiger charge is 2.33. The van der Waals surface area contributed by atoms with Gasteiger partial charge in [-0.1, -0.05) is 19.1 Å². The number of nitrogens with zero attached hydrogens (tertiary/aromatic N) is 2. The molecule has 1 rings (SSSR count). The molecular weight excluding hydrogens is 246 g/mol. The van der Waals surface area contributed by atoms with E-state index in [1.54, 1.807) is 0 Å². The third-order valence-corrected chi connectivity index (χ3v) is 4.52. The number of carbonyl (C=O) groups excluding carboxylic acids is 1. The van der Waals surface area contributed by atoms with Crippen molar-refractivity contribution in [1.29, 1.82) is 0 Å². The fraction of sp³-hybridized carbons (Fsp3) is 0.846. The summed E-state index contributed by atoms with van der Waals surface area (Å²) in [6.07, 6.45) is 1.90. The van der Waals surface area contributed by atoms with Crippen molar-refractivity contribution in [2.45, 2.75) is 33.6 Å². The first-order chi connectivity index (χ1) is 8.42. The second kappa shape index (κ2) is 6.48. The predicted molar refractivity (Wildman–Crippen MR) is 78.5 cm³/mol. The zero-order valence-electron chi connectivity index (χ0n) is 11.7. The quantitative estimate of drug-likeness (QED) is 0.765. The Morgan fingerprint density at radius 1 is 1.33 bits per heavy atom. The average molecular weight is 271 g/mol. The van der Waals surface area contributed by atoms with Gasteiger partial charge in [0.05, 0.1) is 11.5 Å². The third kappa shape index (κ3) is 3.65. The normalized spacial score (nSPS) is 19.5. The Balaban J connectivity index is 2.45. The summed E-state index contributed by atoms with van der Waals surface area (Å²) in [5.41, 5.74) is 5.75. The molecule has 104 valence electrons. The van der Waals surface area contributed by atoms with E-state index in [0.29, 0.717) is 11.5 Å². The topological polar surface area (TPSA) is 49.6 Å². The van der Waals surface area contributed by atoms with Gasteiger partial charge < -0.3 is 10.6 Å². The molecule has 0 unspecified atom stereocenters. The summed E-state index contributed by atoms with van der Waals surface area (Å²) in [5, 5.41) is 0. The summed E-state index contributed by atoms with van der Waals surface area (Å²) < 4.78 is 0. The fourth-order valence-electron chi connectivity index (χ4n) is 2.32. The van der Waals surface area contributed by atoms with E-state index in [0.717, 1.165) is 39.0 Å². The van der Waals surface area contributed by atoms with Crippen LogP contribution >= 0.6 is 12.2 Å². The molecule has 2 N–H and O–H groups in total. The van der Waals surface area contributed by atoms with Crippen LogP contribution in [0.15, 0.2) is 0 Å². The van der Waals surface area contributed by atoms with Crippen molar-refractivity contribution in [3.05, 3.63) is 0 Å². The summed E-state index contributed by atoms with van der Waals surface area (Å²) in [5.74, 6) is 0.221. The summed E-state index contributed by atoms with van der Waals surface area (Å²) in [7, 11) is 0. The van der Waals surface area contributed by atoms with Crippen LogP contribution in [-0.2, 0) is 4.79 Å². The highest BCUT2D eigenvalue weighted by Crippen LogP contribution is 2.30. The largest absolute Gasteiger partial charge is 0.393 e. The number of thiocarbonyl (C=S) groups is 1. The van der Waals surface area contributed by atoms with Crippen LogP contribution in [-0.4, -0.2) is 53.4 Å². The van der Waals surface area contributed by atoms with E-state index in [9.17, 15) is 4.79 Å². The molecule has 0 radical (unpaired) electrons. The van der Waals surface area contributed by atoms with Gasteiger partial charge in [0.25, 0.3) is 0 Å². The summed E-state index contributed by atoms with van der Waals surface area (Å²) in [6.45, 7) is 10.1. The first kappa shape index (κ1) is 15.4. The lowest BCUT2D eigenvalue weighted by atomic mass is 9.80. The zero-order chi connectivity index (χ0) is 13.8. The zero-order valence-corrected chi connectivity index (χ0v) is 12.6. The van der Waals surface area contributed by atoms with Crippen molar-refractivity contribution in [3.8, 4) is 0 Å². The van der Waals surface area contributed by atoms with Crippen LogP contribution in [0.2, 0.25) is 0 Å². The van der Waals surface area contributed by atoms with Gasteiger partial charge in [0, 0.05) is 18.5 Å². The van der Waals surface area contributed by atoms with Crippen molar-refractivity contribution in [1.82, 2.24) is 9.80 Å². The molecule has 1 heterocycles. The second-order valence-corrected chi connectivity index (χ2v) is 5.71. The lowest BCUT2D eigenvalue weighted by Gasteiger charge is -2.38. The van der Waals surface area contributed by atoms with Crippen molar-refractivity contribution in [3.63, 3.8) is 0 Å². The van der Waals surface area contributed by atoms with E-state index in [2.05, 4.69) is 11.8 Å². The predicted octanol–water partition coefficient (Wildman–Crippen LogP) is 1.24. The standard InChI is InChI=1S/C13H25N3OS/c1-4-16(5-2)11(17)10-15-8-6-13(3,7-9-15)12(14)18/h4-10H2,1-3H3,(H2,14,18). The van der Waals surface area contributed by atoms with Crippen LogP contribution in [0.4, 0.5) is 0 Å². The number of piperidine rings is 1. The molecule has 1 saturated heterocycles. The van der Waals surface area contributed by atoms with E-state index < -0.39 is 0 Å². The molecule has 0 bridgehead atoms. The maximum Gasteiger partial charge on any atom is 0.236 e. The third-order valence-electron chi connectivity index (χ3n) is 4.03. The minimum atomic E-state index is -0.0237. The summed E-state index contributed by atoms with van der Waals surface area (Å²) in [6, 6.07) is 0. The van der Waals surface area contributed by atoms with E-state index in [1.165, 1.54) is 0 Å². The monoisotopic (exact) mass is 271 g/mol. The van der Waals surface area contributed by atoms with E-state index in [1.807, 2.05) is 18.7 Å². The Morgan fingerprint density at radius 2 is 1.83 bits per heavy atom. The lowest BCUT2D eigenvalue weighted by molar-refractivity contribution is -0.132. The molecular formula is C13H25N3OS. The van der Waals surface area contributed by atoms with E-state index in [4.69, 9.17) is 18.0 Å². The van der Waals surface area contributed by atoms with Crippen LogP contribution in [0, 0.1) is 5.41 Å². The SMILES string of the molecule is CCN(CC)C(=O)CN1CCC(C)(C(N)=S)CC1. The molecule has 1 amide bonds. The number of nitrogens with two attached hydrogens (primary N) is 1. The van der Waals surface area contributed by atoms with Gasteiger partial charge in [-0.15, -0.1) is 0 Å². The number of hydrogen-bond acceptors (Lipinski definition) is 3. The number of rotatable bonds is 5. The van der Waals surface area contributed by atoms with Gasteiger partial charge in [-0.05, 0) is 39.8 Å². The van der Waals surface area contributed by atoms with Gasteiger partial charge in [0.2, 0.25) is 5.91 Å². The van der Waals surface area contributed by atoms with Crippen LogP contribution < -0.4 is 5.73 Å². The maximum absolute atomic E-state index is 12.0. The van der Waals surface area contributed by atoms with E-state index >= 15 is 0 Å². The Bertz CT molecular complexity index is 307. The molecule has 0 aromatic heterocycles. The number of amides is 1. The van der Waals surface area contributed by atoms with Crippen molar-refractivity contribution >= 4 is 23.1 Å². The summed E-state index contributed by atoms with van der Waals surface area (Å²) in [4.78, 5) is 16.7. The molecule has 0 spiro atoms. The minimum Gasteiger partial charge on any atom is -0.393 e. The van der Waals surface area contributed by atoms with Gasteiger partial charge in [-0.3, -0.25) is 9.69 Å². The molecule has 5 heteroatoms. The fourth-order valence-corrected chi connectivity index (χ4v) is 2.52. The molecule has 1 aliphatic heterocycles. The molecule has 0 aliphatic carbocycles. The molecule has 0 aromatic carbocycles. The average Bonchev–Trinajstić information content (AvgIpc) is 2.33. The molecule has 18 heavy (non-hydrogen) atoms. The number of carbonyl (C=O) groups is 1. The number of likely N-dealkylation sites (tertiary alicyclic amines) is 1. The smallest absolute Gasteiger partial charge is 0.236 e. The van der Waals surface area contributed by atoms with Crippen LogP contribution in [0.25, 0.3) is 0 Å². The Kier molecular flexibility index (Phi) is 5.53. The van der Waals surface area contributed by atoms with Crippen molar-refractivity contribution in [2.24, 2.45) is 11.1 Å². The highest BCUT2D eigenvalue weighted by molar-refractivity contribution is 7.80. The molecule has 4 nitrogen and oxygen atoms in total. The van der Waals surface area contributed by atoms with Gasteiger partial charge >= 0.3 is 0 Å². The van der Waals surface area contributed by atoms with Gasteiger partial charge in [-0.2, -0.15) is 0 Å². The van der Waals surface area contributed by atoms with Gasteiger partial charge in [0.15, 0.2) is 0 Å². The second-order valence-electron chi connectivity index (χ2n) is 5.27. The number of hydrogen-bond donors (Lipinski definition) is 1. The molecule has 0 aromatic rings. The Hall–Kier alpha value is -0.680. The number of likely N-dealkylation sites (N-methyl/N-ethyl adjacent to an activating group) is 1. The molecule has 1 aliphatic rings. The van der Waals surface area contributed by atoms with Crippen molar-refractivity contribution < 1.29 is 4.79 Å². The molecule has 0 atom stereocenters. The maximum atomic E-state index is 12.0. The first-order valence-corrected chi connectivity index (χ1v) is 7.13.